The normalized spacial score (nSPS) is 14.5. The van der Waals surface area contributed by atoms with E-state index in [9.17, 15) is 0 Å². The molecule has 29 heavy (non-hydrogen) atoms. The average molecular weight is 668 g/mol. The molecule has 0 bridgehead atoms. The first-order valence-corrected chi connectivity index (χ1v) is 30.5. The summed E-state index contributed by atoms with van der Waals surface area (Å²) in [6.45, 7) is 39.0. The minimum absolute atomic E-state index is 0. The Morgan fingerprint density at radius 2 is 0.517 bits per heavy atom. The molecular weight excluding hydrogens is 614 g/mol. The van der Waals surface area contributed by atoms with Crippen molar-refractivity contribution < 1.29 is 55.8 Å². The van der Waals surface area contributed by atoms with Crippen LogP contribution in [0.15, 0.2) is 0 Å². The van der Waals surface area contributed by atoms with Gasteiger partial charge in [-0.25, -0.2) is 0 Å². The minimum atomic E-state index is -1.54. The fraction of sp³-hybridized carbons (Fsp3) is 0.900. The van der Waals surface area contributed by atoms with Crippen molar-refractivity contribution in [3.63, 3.8) is 0 Å². The van der Waals surface area contributed by atoms with E-state index in [1.165, 1.54) is 0 Å². The monoisotopic (exact) mass is 668 g/mol. The quantitative estimate of drug-likeness (QED) is 0.198. The fourth-order valence-corrected chi connectivity index (χ4v) is 54.6. The van der Waals surface area contributed by atoms with Crippen molar-refractivity contribution in [3.8, 4) is 0 Å². The maximum Gasteiger partial charge on any atom is 2.00 e. The molecule has 2 nitrogen and oxygen atoms in total. The summed E-state index contributed by atoms with van der Waals surface area (Å²) in [5.41, 5.74) is 0. The van der Waals surface area contributed by atoms with Gasteiger partial charge in [-0.2, -0.15) is 0 Å². The molecule has 0 aromatic rings. The standard InChI is InChI=1S/2C10H27OSi3.Yb/c2*1-11-14(8,9)10(12(2,3)4)13(5,6)7;/h2*1-9H3;/q2*-1;+2. The van der Waals surface area contributed by atoms with Crippen LogP contribution in [0.3, 0.4) is 0 Å². The van der Waals surface area contributed by atoms with Gasteiger partial charge >= 0.3 is 46.9 Å². The molecule has 9 heteroatoms. The largest absolute Gasteiger partial charge is 2.00 e. The number of rotatable bonds is 8. The average Bonchev–Trinajstić information content (AvgIpc) is 2.30. The van der Waals surface area contributed by atoms with Gasteiger partial charge < -0.3 is 8.85 Å². The molecule has 0 amide bonds. The van der Waals surface area contributed by atoms with E-state index >= 15 is 0 Å². The van der Waals surface area contributed by atoms with Crippen LogP contribution in [0.25, 0.3) is 0 Å². The van der Waals surface area contributed by atoms with Crippen molar-refractivity contribution in [1.82, 2.24) is 0 Å². The smallest absolute Gasteiger partial charge is 0.452 e. The van der Waals surface area contributed by atoms with E-state index in [2.05, 4.69) is 105 Å². The molecule has 184 valence electrons. The van der Waals surface area contributed by atoms with Gasteiger partial charge in [0.05, 0.1) is 0 Å². The molecule has 0 fully saturated rings. The van der Waals surface area contributed by atoms with Crippen molar-refractivity contribution in [3.05, 3.63) is 9.58 Å². The molecule has 0 aliphatic heterocycles. The van der Waals surface area contributed by atoms with Gasteiger partial charge in [-0.3, -0.25) is 9.58 Å². The Labute approximate surface area is 230 Å². The summed E-state index contributed by atoms with van der Waals surface area (Å²) in [4.78, 5) is 3.75. The van der Waals surface area contributed by atoms with Gasteiger partial charge in [0.1, 0.15) is 0 Å². The second kappa shape index (κ2) is 12.4. The zero-order chi connectivity index (χ0) is 23.6. The molecule has 0 atom stereocenters. The first-order valence-electron chi connectivity index (χ1n) is 10.7. The van der Waals surface area contributed by atoms with Crippen molar-refractivity contribution in [1.29, 1.82) is 0 Å². The summed E-state index contributed by atoms with van der Waals surface area (Å²) < 4.78 is 11.6. The maximum atomic E-state index is 5.82. The molecule has 0 rings (SSSR count). The van der Waals surface area contributed by atoms with E-state index in [0.717, 1.165) is 0 Å². The van der Waals surface area contributed by atoms with Gasteiger partial charge in [-0.05, 0) is 0 Å². The Morgan fingerprint density at radius 1 is 0.379 bits per heavy atom. The number of hydrogen-bond acceptors (Lipinski definition) is 2. The first-order chi connectivity index (χ1) is 11.9. The van der Waals surface area contributed by atoms with Gasteiger partial charge in [0.15, 0.2) is 0 Å². The van der Waals surface area contributed by atoms with E-state index < -0.39 is 48.9 Å². The van der Waals surface area contributed by atoms with Crippen LogP contribution in [-0.4, -0.2) is 63.1 Å². The molecule has 0 aromatic carbocycles. The Bertz CT molecular complexity index is 399. The third kappa shape index (κ3) is 12.7. The molecule has 0 heterocycles. The zero-order valence-electron chi connectivity index (χ0n) is 23.1. The molecule has 0 unspecified atom stereocenters. The molecule has 0 radical (unpaired) electrons. The van der Waals surface area contributed by atoms with Crippen molar-refractivity contribution in [2.45, 2.75) is 105 Å². The van der Waals surface area contributed by atoms with Crippen LogP contribution in [0.2, 0.25) is 105 Å². The maximum absolute atomic E-state index is 5.82. The third-order valence-corrected chi connectivity index (χ3v) is 40.9. The SMILES string of the molecule is CO[Si](C)(C)[C-]([Si](C)(C)C)[Si](C)(C)C.CO[Si](C)(C)[C-]([Si](C)(C)C)[Si](C)(C)C.[Yb+2]. The molecule has 0 aliphatic carbocycles. The fourth-order valence-electron chi connectivity index (χ4n) is 6.07. The van der Waals surface area contributed by atoms with Gasteiger partial charge in [-0.1, -0.05) is 137 Å². The number of hydrogen-bond donors (Lipinski definition) is 0. The Morgan fingerprint density at radius 3 is 0.552 bits per heavy atom. The van der Waals surface area contributed by atoms with Gasteiger partial charge in [0.25, 0.3) is 0 Å². The van der Waals surface area contributed by atoms with E-state index in [1.807, 2.05) is 23.8 Å². The molecule has 0 N–H and O–H groups in total. The Kier molecular flexibility index (Phi) is 15.6. The van der Waals surface area contributed by atoms with Crippen LogP contribution in [0.4, 0.5) is 0 Å². The Hall–Kier alpha value is 2.74. The van der Waals surface area contributed by atoms with Gasteiger partial charge in [0.2, 0.25) is 0 Å². The van der Waals surface area contributed by atoms with Crippen LogP contribution in [-0.2, 0) is 8.85 Å². The first kappa shape index (κ1) is 36.3. The summed E-state index contributed by atoms with van der Waals surface area (Å²) in [6, 6.07) is 0. The van der Waals surface area contributed by atoms with Crippen molar-refractivity contribution in [2.24, 2.45) is 0 Å². The second-order valence-electron chi connectivity index (χ2n) is 13.2. The van der Waals surface area contributed by atoms with Crippen LogP contribution in [0.5, 0.6) is 0 Å². The van der Waals surface area contributed by atoms with E-state index in [4.69, 9.17) is 8.85 Å². The summed E-state index contributed by atoms with van der Waals surface area (Å²) >= 11 is 0. The predicted octanol–water partition coefficient (Wildman–Crippen LogP) is 7.41. The van der Waals surface area contributed by atoms with E-state index in [1.54, 1.807) is 0 Å². The second-order valence-corrected chi connectivity index (χ2v) is 44.0. The summed E-state index contributed by atoms with van der Waals surface area (Å²) in [6.07, 6.45) is 0. The third-order valence-electron chi connectivity index (χ3n) is 5.22. The topological polar surface area (TPSA) is 18.5 Å². The molecule has 0 saturated heterocycles. The van der Waals surface area contributed by atoms with Crippen LogP contribution in [0, 0.1) is 56.5 Å². The van der Waals surface area contributed by atoms with Gasteiger partial charge in [-0.15, -0.1) is 0 Å². The zero-order valence-corrected chi connectivity index (χ0v) is 30.8. The van der Waals surface area contributed by atoms with Crippen LogP contribution >= 0.6 is 0 Å². The van der Waals surface area contributed by atoms with Crippen LogP contribution in [0.1, 0.15) is 0 Å². The van der Waals surface area contributed by atoms with Gasteiger partial charge in [0, 0.05) is 30.9 Å². The summed E-state index contributed by atoms with van der Waals surface area (Å²) in [5.74, 6) is 0. The summed E-state index contributed by atoms with van der Waals surface area (Å²) in [5, 5.41) is 0. The molecule has 0 aromatic heterocycles. The molecule has 0 saturated carbocycles. The summed E-state index contributed by atoms with van der Waals surface area (Å²) in [7, 11) is -3.94. The Balaban J connectivity index is -0.000000451. The van der Waals surface area contributed by atoms with Crippen LogP contribution < -0.4 is 0 Å². The van der Waals surface area contributed by atoms with E-state index in [0.29, 0.717) is 0 Å². The molecular formula is C20H54O2Si6Yb. The van der Waals surface area contributed by atoms with Crippen molar-refractivity contribution >= 4 is 48.9 Å². The van der Waals surface area contributed by atoms with E-state index in [-0.39, 0.29) is 46.9 Å². The van der Waals surface area contributed by atoms with Crippen molar-refractivity contribution in [2.75, 3.05) is 14.2 Å². The molecule has 0 spiro atoms. The predicted molar refractivity (Wildman–Crippen MR) is 149 cm³/mol. The molecule has 0 aliphatic rings. The minimum Gasteiger partial charge on any atom is -0.452 e.